The molecule has 0 radical (unpaired) electrons. The first-order valence-corrected chi connectivity index (χ1v) is 9.42. The van der Waals surface area contributed by atoms with Crippen LogP contribution in [0.1, 0.15) is 51.5 Å². The summed E-state index contributed by atoms with van der Waals surface area (Å²) in [5.74, 6) is 0.00526. The summed E-state index contributed by atoms with van der Waals surface area (Å²) >= 11 is 0. The van der Waals surface area contributed by atoms with Crippen LogP contribution in [0.25, 0.3) is 0 Å². The van der Waals surface area contributed by atoms with Gasteiger partial charge in [0.15, 0.2) is 11.5 Å². The summed E-state index contributed by atoms with van der Waals surface area (Å²) < 4.78 is 0. The molecule has 0 aromatic heterocycles. The Kier molecular flexibility index (Phi) is 7.19. The van der Waals surface area contributed by atoms with Crippen LogP contribution in [0.3, 0.4) is 0 Å². The summed E-state index contributed by atoms with van der Waals surface area (Å²) in [6.07, 6.45) is 10.5. The molecule has 0 heterocycles. The van der Waals surface area contributed by atoms with Gasteiger partial charge in [-0.05, 0) is 72.9 Å². The van der Waals surface area contributed by atoms with E-state index in [1.165, 1.54) is 18.2 Å². The van der Waals surface area contributed by atoms with Crippen LogP contribution >= 0.6 is 0 Å². The van der Waals surface area contributed by atoms with Gasteiger partial charge < -0.3 is 10.2 Å². The summed E-state index contributed by atoms with van der Waals surface area (Å²) in [6, 6.07) is 4.98. The van der Waals surface area contributed by atoms with Crippen molar-refractivity contribution >= 4 is 11.6 Å². The van der Waals surface area contributed by atoms with Gasteiger partial charge in [0.05, 0.1) is 0 Å². The number of hydrogen-bond acceptors (Lipinski definition) is 4. The van der Waals surface area contributed by atoms with Crippen LogP contribution < -0.4 is 0 Å². The first kappa shape index (κ1) is 20.0. The van der Waals surface area contributed by atoms with E-state index in [4.69, 9.17) is 0 Å². The van der Waals surface area contributed by atoms with Crippen LogP contribution in [0.4, 0.5) is 0 Å². The van der Waals surface area contributed by atoms with Crippen molar-refractivity contribution in [3.63, 3.8) is 0 Å². The molecule has 1 aromatic rings. The lowest BCUT2D eigenvalue weighted by molar-refractivity contribution is -0.131. The van der Waals surface area contributed by atoms with Crippen LogP contribution in [-0.2, 0) is 16.0 Å². The molecule has 2 N–H and O–H groups in total. The van der Waals surface area contributed by atoms with Gasteiger partial charge in [-0.3, -0.25) is 9.59 Å². The van der Waals surface area contributed by atoms with Crippen LogP contribution in [0, 0.1) is 11.8 Å². The third-order valence-electron chi connectivity index (χ3n) is 5.30. The molecule has 0 fully saturated rings. The molecule has 0 saturated heterocycles. The van der Waals surface area contributed by atoms with E-state index in [9.17, 15) is 19.8 Å². The molecule has 0 aliphatic heterocycles. The van der Waals surface area contributed by atoms with Gasteiger partial charge in [0.25, 0.3) is 0 Å². The summed E-state index contributed by atoms with van der Waals surface area (Å²) in [7, 11) is 0. The minimum absolute atomic E-state index is 0.0730. The topological polar surface area (TPSA) is 74.6 Å². The lowest BCUT2D eigenvalue weighted by Crippen LogP contribution is -2.17. The van der Waals surface area contributed by atoms with Crippen molar-refractivity contribution in [3.8, 4) is 11.5 Å². The van der Waals surface area contributed by atoms with Gasteiger partial charge in [-0.15, -0.1) is 0 Å². The highest BCUT2D eigenvalue weighted by atomic mass is 16.3. The number of benzene rings is 1. The van der Waals surface area contributed by atoms with E-state index >= 15 is 0 Å². The number of ketones is 2. The van der Waals surface area contributed by atoms with Crippen molar-refractivity contribution in [2.24, 2.45) is 11.8 Å². The van der Waals surface area contributed by atoms with E-state index < -0.39 is 11.6 Å². The zero-order valence-corrected chi connectivity index (χ0v) is 15.6. The number of aryl methyl sites for hydroxylation is 1. The van der Waals surface area contributed by atoms with Gasteiger partial charge in [-0.25, -0.2) is 0 Å². The first-order chi connectivity index (χ1) is 12.4. The van der Waals surface area contributed by atoms with Crippen LogP contribution in [0.15, 0.2) is 42.0 Å². The monoisotopic (exact) mass is 356 g/mol. The third-order valence-corrected chi connectivity index (χ3v) is 5.30. The summed E-state index contributed by atoms with van der Waals surface area (Å²) in [5, 5.41) is 19.0. The van der Waals surface area contributed by atoms with E-state index in [1.54, 1.807) is 12.1 Å². The quantitative estimate of drug-likeness (QED) is 0.388. The van der Waals surface area contributed by atoms with Gasteiger partial charge in [0.2, 0.25) is 11.6 Å². The Bertz CT molecular complexity index is 715. The number of phenols is 2. The molecule has 1 aliphatic rings. The molecule has 2 rings (SSSR count). The lowest BCUT2D eigenvalue weighted by Gasteiger charge is -2.26. The number of phenolic OH excluding ortho intramolecular Hbond substituents is 2. The molecular weight excluding hydrogens is 328 g/mol. The maximum atomic E-state index is 11.6. The highest BCUT2D eigenvalue weighted by Crippen LogP contribution is 2.32. The number of allylic oxidation sites excluding steroid dienone is 4. The fraction of sp³-hybridized carbons (Fsp3) is 0.455. The summed E-state index contributed by atoms with van der Waals surface area (Å²) in [5.41, 5.74) is 1.97. The van der Waals surface area contributed by atoms with Crippen molar-refractivity contribution < 1.29 is 19.8 Å². The molecule has 140 valence electrons. The van der Waals surface area contributed by atoms with Gasteiger partial charge in [-0.1, -0.05) is 38.8 Å². The Labute approximate surface area is 155 Å². The van der Waals surface area contributed by atoms with Crippen molar-refractivity contribution in [2.45, 2.75) is 52.4 Å². The first-order valence-electron chi connectivity index (χ1n) is 9.42. The van der Waals surface area contributed by atoms with E-state index in [0.29, 0.717) is 11.8 Å². The number of rotatable bonds is 9. The molecule has 1 aromatic carbocycles. The Morgan fingerprint density at radius 1 is 0.923 bits per heavy atom. The van der Waals surface area contributed by atoms with Crippen molar-refractivity contribution in [3.05, 3.63) is 47.6 Å². The third kappa shape index (κ3) is 5.32. The number of carbonyl (C=O) groups is 2. The minimum atomic E-state index is -0.439. The maximum Gasteiger partial charge on any atom is 0.225 e. The van der Waals surface area contributed by atoms with Crippen LogP contribution in [0.2, 0.25) is 0 Å². The molecule has 4 nitrogen and oxygen atoms in total. The second-order valence-corrected chi connectivity index (χ2v) is 7.04. The normalized spacial score (nSPS) is 16.5. The average Bonchev–Trinajstić information content (AvgIpc) is 2.63. The number of carbonyl (C=O) groups excluding carboxylic acids is 2. The summed E-state index contributed by atoms with van der Waals surface area (Å²) in [4.78, 5) is 22.9. The molecule has 0 spiro atoms. The Hall–Kier alpha value is -2.36. The zero-order valence-electron chi connectivity index (χ0n) is 15.6. The highest BCUT2D eigenvalue weighted by Gasteiger charge is 2.21. The largest absolute Gasteiger partial charge is 0.504 e. The van der Waals surface area contributed by atoms with Gasteiger partial charge >= 0.3 is 0 Å². The Morgan fingerprint density at radius 3 is 2.27 bits per heavy atom. The maximum absolute atomic E-state index is 11.6. The molecule has 26 heavy (non-hydrogen) atoms. The Balaban J connectivity index is 1.91. The minimum Gasteiger partial charge on any atom is -0.504 e. The standard InChI is InChI=1S/C22H28O4/c1-3-17(7-5-6-15-8-10-19(23)21(25)13-15)18(4-2)12-16-9-11-20(24)22(26)14-16/h8-11,13-14,17-18,23,25H,3-7,12H2,1-2H3. The summed E-state index contributed by atoms with van der Waals surface area (Å²) in [6.45, 7) is 4.37. The predicted molar refractivity (Wildman–Crippen MR) is 102 cm³/mol. The van der Waals surface area contributed by atoms with Crippen molar-refractivity contribution in [2.75, 3.05) is 0 Å². The van der Waals surface area contributed by atoms with Crippen molar-refractivity contribution in [1.29, 1.82) is 0 Å². The average molecular weight is 356 g/mol. The van der Waals surface area contributed by atoms with Gasteiger partial charge in [-0.2, -0.15) is 0 Å². The Morgan fingerprint density at radius 2 is 1.65 bits per heavy atom. The SMILES string of the molecule is CCC(CCCc1ccc(O)c(O)c1)C(CC)CC1=CC(=O)C(=O)C=C1. The van der Waals surface area contributed by atoms with Crippen molar-refractivity contribution in [1.82, 2.24) is 0 Å². The predicted octanol–water partition coefficient (Wildman–Crippen LogP) is 4.50. The molecule has 1 aliphatic carbocycles. The number of hydrogen-bond donors (Lipinski definition) is 2. The van der Waals surface area contributed by atoms with E-state index in [0.717, 1.165) is 49.7 Å². The van der Waals surface area contributed by atoms with E-state index in [-0.39, 0.29) is 11.5 Å². The zero-order chi connectivity index (χ0) is 19.1. The molecular formula is C22H28O4. The molecule has 2 atom stereocenters. The highest BCUT2D eigenvalue weighted by molar-refractivity contribution is 6.46. The van der Waals surface area contributed by atoms with E-state index in [2.05, 4.69) is 13.8 Å². The molecule has 0 bridgehead atoms. The van der Waals surface area contributed by atoms with Gasteiger partial charge in [0, 0.05) is 0 Å². The second kappa shape index (κ2) is 9.37. The molecule has 0 saturated carbocycles. The molecule has 2 unspecified atom stereocenters. The number of aromatic hydroxyl groups is 2. The second-order valence-electron chi connectivity index (χ2n) is 7.04. The van der Waals surface area contributed by atoms with Crippen LogP contribution in [0.5, 0.6) is 11.5 Å². The lowest BCUT2D eigenvalue weighted by atomic mass is 9.79. The molecule has 0 amide bonds. The van der Waals surface area contributed by atoms with E-state index in [1.807, 2.05) is 6.07 Å². The van der Waals surface area contributed by atoms with Crippen LogP contribution in [-0.4, -0.2) is 21.8 Å². The fourth-order valence-electron chi connectivity index (χ4n) is 3.69. The molecule has 4 heteroatoms. The van der Waals surface area contributed by atoms with Gasteiger partial charge in [0.1, 0.15) is 0 Å². The smallest absolute Gasteiger partial charge is 0.225 e. The fourth-order valence-corrected chi connectivity index (χ4v) is 3.69.